The molecular formula is C21H24N4O2S. The SMILES string of the molecule is Cc1nc2ccccc2nc1NCc1ccccc1S(=O)(=O)N1CCCCC1. The molecule has 2 aromatic carbocycles. The van der Waals surface area contributed by atoms with Gasteiger partial charge in [-0.2, -0.15) is 4.31 Å². The first kappa shape index (κ1) is 18.8. The number of para-hydroxylation sites is 2. The number of fused-ring (bicyclic) bond motifs is 1. The fourth-order valence-corrected chi connectivity index (χ4v) is 5.32. The molecule has 0 atom stereocenters. The number of aryl methyl sites for hydroxylation is 1. The maximum Gasteiger partial charge on any atom is 0.243 e. The third kappa shape index (κ3) is 3.72. The molecule has 7 heteroatoms. The lowest BCUT2D eigenvalue weighted by Gasteiger charge is -2.27. The molecule has 0 bridgehead atoms. The van der Waals surface area contributed by atoms with Gasteiger partial charge in [-0.3, -0.25) is 0 Å². The Kier molecular flexibility index (Phi) is 5.28. The average Bonchev–Trinajstić information content (AvgIpc) is 2.73. The molecule has 1 fully saturated rings. The molecule has 146 valence electrons. The molecule has 3 aromatic rings. The third-order valence-corrected chi connectivity index (χ3v) is 7.10. The van der Waals surface area contributed by atoms with E-state index in [0.29, 0.717) is 30.3 Å². The summed E-state index contributed by atoms with van der Waals surface area (Å²) < 4.78 is 27.9. The normalized spacial score (nSPS) is 15.6. The Hall–Kier alpha value is -2.51. The maximum atomic E-state index is 13.1. The smallest absolute Gasteiger partial charge is 0.243 e. The Morgan fingerprint density at radius 3 is 2.32 bits per heavy atom. The Balaban J connectivity index is 1.60. The molecule has 6 nitrogen and oxygen atoms in total. The van der Waals surface area contributed by atoms with Gasteiger partial charge in [-0.25, -0.2) is 18.4 Å². The fourth-order valence-electron chi connectivity index (χ4n) is 3.58. The molecule has 28 heavy (non-hydrogen) atoms. The van der Waals surface area contributed by atoms with E-state index in [1.807, 2.05) is 43.3 Å². The van der Waals surface area contributed by atoms with E-state index in [-0.39, 0.29) is 0 Å². The van der Waals surface area contributed by atoms with Crippen LogP contribution in [0.5, 0.6) is 0 Å². The molecule has 1 aliphatic heterocycles. The van der Waals surface area contributed by atoms with Crippen molar-refractivity contribution in [1.82, 2.24) is 14.3 Å². The summed E-state index contributed by atoms with van der Waals surface area (Å²) >= 11 is 0. The van der Waals surface area contributed by atoms with E-state index in [2.05, 4.69) is 15.3 Å². The molecule has 1 saturated heterocycles. The summed E-state index contributed by atoms with van der Waals surface area (Å²) in [4.78, 5) is 9.59. The van der Waals surface area contributed by atoms with Crippen molar-refractivity contribution >= 4 is 26.9 Å². The van der Waals surface area contributed by atoms with Gasteiger partial charge in [-0.1, -0.05) is 36.8 Å². The number of rotatable bonds is 5. The van der Waals surface area contributed by atoms with Crippen LogP contribution in [0.25, 0.3) is 11.0 Å². The second-order valence-electron chi connectivity index (χ2n) is 7.07. The Morgan fingerprint density at radius 2 is 1.57 bits per heavy atom. The van der Waals surface area contributed by atoms with Crippen LogP contribution < -0.4 is 5.32 Å². The van der Waals surface area contributed by atoms with Gasteiger partial charge in [0.1, 0.15) is 5.82 Å². The molecule has 0 radical (unpaired) electrons. The van der Waals surface area contributed by atoms with Gasteiger partial charge in [0.2, 0.25) is 10.0 Å². The van der Waals surface area contributed by atoms with Crippen molar-refractivity contribution in [2.45, 2.75) is 37.6 Å². The molecule has 0 unspecified atom stereocenters. The number of nitrogens with one attached hydrogen (secondary N) is 1. The fraction of sp³-hybridized carbons (Fsp3) is 0.333. The van der Waals surface area contributed by atoms with E-state index >= 15 is 0 Å². The summed E-state index contributed by atoms with van der Waals surface area (Å²) in [6.45, 7) is 3.47. The minimum absolute atomic E-state index is 0.371. The van der Waals surface area contributed by atoms with Crippen LogP contribution in [0.15, 0.2) is 53.4 Å². The zero-order chi connectivity index (χ0) is 19.6. The highest BCUT2D eigenvalue weighted by Crippen LogP contribution is 2.25. The van der Waals surface area contributed by atoms with Gasteiger partial charge in [-0.15, -0.1) is 0 Å². The number of benzene rings is 2. The summed E-state index contributed by atoms with van der Waals surface area (Å²) in [5.41, 5.74) is 3.18. The van der Waals surface area contributed by atoms with E-state index in [1.54, 1.807) is 16.4 Å². The highest BCUT2D eigenvalue weighted by molar-refractivity contribution is 7.89. The molecule has 4 rings (SSSR count). The van der Waals surface area contributed by atoms with Crippen molar-refractivity contribution < 1.29 is 8.42 Å². The van der Waals surface area contributed by atoms with E-state index < -0.39 is 10.0 Å². The number of anilines is 1. The van der Waals surface area contributed by atoms with Gasteiger partial charge >= 0.3 is 0 Å². The molecule has 0 spiro atoms. The van der Waals surface area contributed by atoms with Crippen LogP contribution in [0.1, 0.15) is 30.5 Å². The number of hydrogen-bond donors (Lipinski definition) is 1. The minimum Gasteiger partial charge on any atom is -0.364 e. The highest BCUT2D eigenvalue weighted by Gasteiger charge is 2.27. The van der Waals surface area contributed by atoms with Gasteiger partial charge in [0.05, 0.1) is 21.6 Å². The van der Waals surface area contributed by atoms with Crippen molar-refractivity contribution in [3.63, 3.8) is 0 Å². The lowest BCUT2D eigenvalue weighted by atomic mass is 10.2. The zero-order valence-corrected chi connectivity index (χ0v) is 16.7. The van der Waals surface area contributed by atoms with Gasteiger partial charge in [0.15, 0.2) is 0 Å². The predicted molar refractivity (Wildman–Crippen MR) is 111 cm³/mol. The number of aromatic nitrogens is 2. The number of hydrogen-bond acceptors (Lipinski definition) is 5. The van der Waals surface area contributed by atoms with Crippen molar-refractivity contribution in [1.29, 1.82) is 0 Å². The maximum absolute atomic E-state index is 13.1. The van der Waals surface area contributed by atoms with Crippen LogP contribution in [0.4, 0.5) is 5.82 Å². The van der Waals surface area contributed by atoms with Gasteiger partial charge in [0.25, 0.3) is 0 Å². The van der Waals surface area contributed by atoms with Gasteiger partial charge in [0, 0.05) is 19.6 Å². The lowest BCUT2D eigenvalue weighted by Crippen LogP contribution is -2.36. The first-order valence-electron chi connectivity index (χ1n) is 9.61. The topological polar surface area (TPSA) is 75.2 Å². The Morgan fingerprint density at radius 1 is 0.929 bits per heavy atom. The van der Waals surface area contributed by atoms with Crippen molar-refractivity contribution in [2.75, 3.05) is 18.4 Å². The van der Waals surface area contributed by atoms with Crippen LogP contribution in [-0.2, 0) is 16.6 Å². The lowest BCUT2D eigenvalue weighted by molar-refractivity contribution is 0.346. The second-order valence-corrected chi connectivity index (χ2v) is 8.98. The summed E-state index contributed by atoms with van der Waals surface area (Å²) in [5, 5.41) is 3.28. The van der Waals surface area contributed by atoms with Crippen molar-refractivity contribution in [3.05, 3.63) is 59.8 Å². The van der Waals surface area contributed by atoms with E-state index in [4.69, 9.17) is 0 Å². The van der Waals surface area contributed by atoms with Crippen LogP contribution in [0.2, 0.25) is 0 Å². The standard InChI is InChI=1S/C21H24N4O2S/c1-16-21(24-19-11-5-4-10-18(19)23-16)22-15-17-9-3-6-12-20(17)28(26,27)25-13-7-2-8-14-25/h3-6,9-12H,2,7-8,13-15H2,1H3,(H,22,24). The molecule has 0 amide bonds. The molecule has 2 heterocycles. The number of piperidine rings is 1. The molecule has 1 N–H and O–H groups in total. The molecule has 1 aliphatic rings. The summed E-state index contributed by atoms with van der Waals surface area (Å²) in [5.74, 6) is 0.670. The first-order chi connectivity index (χ1) is 13.6. The second kappa shape index (κ2) is 7.85. The highest BCUT2D eigenvalue weighted by atomic mass is 32.2. The first-order valence-corrected chi connectivity index (χ1v) is 11.0. The third-order valence-electron chi connectivity index (χ3n) is 5.10. The average molecular weight is 397 g/mol. The monoisotopic (exact) mass is 396 g/mol. The summed E-state index contributed by atoms with van der Waals surface area (Å²) in [6.07, 6.45) is 2.94. The minimum atomic E-state index is -3.48. The van der Waals surface area contributed by atoms with Crippen LogP contribution >= 0.6 is 0 Å². The van der Waals surface area contributed by atoms with Crippen molar-refractivity contribution in [2.24, 2.45) is 0 Å². The van der Waals surface area contributed by atoms with Crippen LogP contribution in [0.3, 0.4) is 0 Å². The number of nitrogens with zero attached hydrogens (tertiary/aromatic N) is 3. The van der Waals surface area contributed by atoms with E-state index in [0.717, 1.165) is 41.6 Å². The quantitative estimate of drug-likeness (QED) is 0.711. The summed E-state index contributed by atoms with van der Waals surface area (Å²) in [6, 6.07) is 14.9. The van der Waals surface area contributed by atoms with Gasteiger partial charge in [-0.05, 0) is 43.5 Å². The Bertz CT molecular complexity index is 1090. The largest absolute Gasteiger partial charge is 0.364 e. The number of sulfonamides is 1. The van der Waals surface area contributed by atoms with Gasteiger partial charge < -0.3 is 5.32 Å². The van der Waals surface area contributed by atoms with E-state index in [9.17, 15) is 8.42 Å². The van der Waals surface area contributed by atoms with Crippen LogP contribution in [-0.4, -0.2) is 35.8 Å². The van der Waals surface area contributed by atoms with E-state index in [1.165, 1.54) is 0 Å². The molecular weight excluding hydrogens is 372 g/mol. The van der Waals surface area contributed by atoms with Crippen LogP contribution in [0, 0.1) is 6.92 Å². The molecule has 0 saturated carbocycles. The van der Waals surface area contributed by atoms with Crippen molar-refractivity contribution in [3.8, 4) is 0 Å². The summed E-state index contributed by atoms with van der Waals surface area (Å²) in [7, 11) is -3.48. The molecule has 1 aromatic heterocycles. The molecule has 0 aliphatic carbocycles. The zero-order valence-electron chi connectivity index (χ0n) is 15.9. The Labute approximate surface area is 165 Å². The predicted octanol–water partition coefficient (Wildman–Crippen LogP) is 3.72.